The molecular formula is C14H17ClN2O3. The van der Waals surface area contributed by atoms with Crippen molar-refractivity contribution in [3.8, 4) is 5.75 Å². The number of aromatic hydroxyl groups is 1. The molecule has 1 saturated carbocycles. The van der Waals surface area contributed by atoms with Crippen molar-refractivity contribution in [1.82, 2.24) is 10.6 Å². The van der Waals surface area contributed by atoms with E-state index in [1.807, 2.05) is 0 Å². The van der Waals surface area contributed by atoms with Crippen LogP contribution in [-0.2, 0) is 4.79 Å². The predicted molar refractivity (Wildman–Crippen MR) is 75.8 cm³/mol. The lowest BCUT2D eigenvalue weighted by molar-refractivity contribution is -0.120. The van der Waals surface area contributed by atoms with E-state index in [0.29, 0.717) is 0 Å². The van der Waals surface area contributed by atoms with Gasteiger partial charge in [0.15, 0.2) is 0 Å². The molecule has 1 fully saturated rings. The van der Waals surface area contributed by atoms with Gasteiger partial charge < -0.3 is 15.7 Å². The lowest BCUT2D eigenvalue weighted by atomic mass is 10.2. The number of rotatable bonds is 4. The van der Waals surface area contributed by atoms with E-state index in [2.05, 4.69) is 10.6 Å². The minimum Gasteiger partial charge on any atom is -0.506 e. The van der Waals surface area contributed by atoms with Gasteiger partial charge in [0.25, 0.3) is 5.91 Å². The van der Waals surface area contributed by atoms with Gasteiger partial charge in [0.2, 0.25) is 5.91 Å². The van der Waals surface area contributed by atoms with Gasteiger partial charge >= 0.3 is 0 Å². The topological polar surface area (TPSA) is 78.4 Å². The highest BCUT2D eigenvalue weighted by molar-refractivity contribution is 6.32. The molecule has 0 saturated heterocycles. The van der Waals surface area contributed by atoms with Crippen LogP contribution >= 0.6 is 11.6 Å². The van der Waals surface area contributed by atoms with Crippen molar-refractivity contribution >= 4 is 23.4 Å². The number of nitrogens with one attached hydrogen (secondary N) is 2. The maximum Gasteiger partial charge on any atom is 0.251 e. The van der Waals surface area contributed by atoms with E-state index in [1.54, 1.807) is 0 Å². The number of hydrogen-bond acceptors (Lipinski definition) is 3. The average Bonchev–Trinajstić information content (AvgIpc) is 2.92. The van der Waals surface area contributed by atoms with Crippen LogP contribution in [0.15, 0.2) is 18.2 Å². The summed E-state index contributed by atoms with van der Waals surface area (Å²) in [6.07, 6.45) is 4.29. The molecule has 20 heavy (non-hydrogen) atoms. The van der Waals surface area contributed by atoms with E-state index in [4.69, 9.17) is 11.6 Å². The second-order valence-electron chi connectivity index (χ2n) is 4.90. The van der Waals surface area contributed by atoms with Crippen LogP contribution < -0.4 is 10.6 Å². The molecule has 0 spiro atoms. The zero-order valence-corrected chi connectivity index (χ0v) is 11.7. The normalized spacial score (nSPS) is 15.1. The maximum absolute atomic E-state index is 11.8. The molecule has 1 aliphatic rings. The highest BCUT2D eigenvalue weighted by Gasteiger charge is 2.17. The summed E-state index contributed by atoms with van der Waals surface area (Å²) in [4.78, 5) is 23.5. The van der Waals surface area contributed by atoms with E-state index >= 15 is 0 Å². The molecule has 108 valence electrons. The fourth-order valence-corrected chi connectivity index (χ4v) is 2.38. The van der Waals surface area contributed by atoms with Gasteiger partial charge in [0.05, 0.1) is 11.6 Å². The number of hydrogen-bond donors (Lipinski definition) is 3. The summed E-state index contributed by atoms with van der Waals surface area (Å²) in [5.41, 5.74) is 0.264. The molecule has 0 atom stereocenters. The molecule has 0 radical (unpaired) electrons. The number of amides is 2. The Balaban J connectivity index is 1.81. The molecule has 0 aromatic heterocycles. The molecule has 6 heteroatoms. The van der Waals surface area contributed by atoms with Crippen LogP contribution in [0.3, 0.4) is 0 Å². The van der Waals surface area contributed by atoms with Crippen molar-refractivity contribution in [2.75, 3.05) is 6.54 Å². The summed E-state index contributed by atoms with van der Waals surface area (Å²) in [6.45, 7) is -0.0707. The Morgan fingerprint density at radius 3 is 2.65 bits per heavy atom. The van der Waals surface area contributed by atoms with Crippen molar-refractivity contribution in [1.29, 1.82) is 0 Å². The fraction of sp³-hybridized carbons (Fsp3) is 0.429. The quantitative estimate of drug-likeness (QED) is 0.793. The molecule has 1 aliphatic carbocycles. The first-order valence-corrected chi connectivity index (χ1v) is 7.00. The van der Waals surface area contributed by atoms with Gasteiger partial charge in [-0.2, -0.15) is 0 Å². The van der Waals surface area contributed by atoms with E-state index in [9.17, 15) is 14.7 Å². The van der Waals surface area contributed by atoms with Crippen LogP contribution in [0.4, 0.5) is 0 Å². The second-order valence-corrected chi connectivity index (χ2v) is 5.30. The highest BCUT2D eigenvalue weighted by atomic mass is 35.5. The first kappa shape index (κ1) is 14.7. The third-order valence-corrected chi connectivity index (χ3v) is 3.66. The number of carbonyl (C=O) groups is 2. The first-order chi connectivity index (χ1) is 9.56. The van der Waals surface area contributed by atoms with E-state index < -0.39 is 5.91 Å². The molecule has 2 amide bonds. The van der Waals surface area contributed by atoms with E-state index in [-0.39, 0.29) is 34.8 Å². The molecule has 1 aromatic carbocycles. The van der Waals surface area contributed by atoms with Crippen LogP contribution in [0.5, 0.6) is 5.75 Å². The summed E-state index contributed by atoms with van der Waals surface area (Å²) in [6, 6.07) is 4.43. The Bertz CT molecular complexity index is 513. The average molecular weight is 297 g/mol. The van der Waals surface area contributed by atoms with Gasteiger partial charge in [0, 0.05) is 11.6 Å². The molecule has 0 heterocycles. The molecule has 5 nitrogen and oxygen atoms in total. The van der Waals surface area contributed by atoms with E-state index in [0.717, 1.165) is 25.7 Å². The Labute approximate surface area is 122 Å². The number of benzene rings is 1. The lowest BCUT2D eigenvalue weighted by Gasteiger charge is -2.12. The molecule has 0 unspecified atom stereocenters. The smallest absolute Gasteiger partial charge is 0.251 e. The van der Waals surface area contributed by atoms with Crippen LogP contribution in [0, 0.1) is 0 Å². The minimum atomic E-state index is -0.418. The zero-order valence-electron chi connectivity index (χ0n) is 11.0. The summed E-state index contributed by atoms with van der Waals surface area (Å²) >= 11 is 5.66. The van der Waals surface area contributed by atoms with Gasteiger partial charge in [-0.3, -0.25) is 9.59 Å². The lowest BCUT2D eigenvalue weighted by Crippen LogP contribution is -2.40. The monoisotopic (exact) mass is 296 g/mol. The predicted octanol–water partition coefficient (Wildman–Crippen LogP) is 1.83. The zero-order chi connectivity index (χ0) is 14.5. The van der Waals surface area contributed by atoms with Crippen molar-refractivity contribution in [2.45, 2.75) is 31.7 Å². The molecule has 2 rings (SSSR count). The summed E-state index contributed by atoms with van der Waals surface area (Å²) in [5.74, 6) is -0.767. The summed E-state index contributed by atoms with van der Waals surface area (Å²) in [5, 5.41) is 15.0. The number of phenolic OH excluding ortho intramolecular Hbond substituents is 1. The SMILES string of the molecule is O=C(CNC(=O)c1ccc(Cl)c(O)c1)NC1CCCC1. The number of halogens is 1. The van der Waals surface area contributed by atoms with Crippen molar-refractivity contribution in [2.24, 2.45) is 0 Å². The molecule has 0 bridgehead atoms. The third-order valence-electron chi connectivity index (χ3n) is 3.34. The van der Waals surface area contributed by atoms with Crippen molar-refractivity contribution < 1.29 is 14.7 Å². The first-order valence-electron chi connectivity index (χ1n) is 6.62. The molecule has 3 N–H and O–H groups in total. The summed E-state index contributed by atoms with van der Waals surface area (Å²) < 4.78 is 0. The van der Waals surface area contributed by atoms with Gasteiger partial charge in [-0.1, -0.05) is 24.4 Å². The Hall–Kier alpha value is -1.75. The third kappa shape index (κ3) is 3.87. The molecule has 1 aromatic rings. The van der Waals surface area contributed by atoms with Gasteiger partial charge in [-0.25, -0.2) is 0 Å². The van der Waals surface area contributed by atoms with Crippen LogP contribution in [0.2, 0.25) is 5.02 Å². The fourth-order valence-electron chi connectivity index (χ4n) is 2.27. The molecular weight excluding hydrogens is 280 g/mol. The van der Waals surface area contributed by atoms with Crippen LogP contribution in [-0.4, -0.2) is 29.5 Å². The van der Waals surface area contributed by atoms with Crippen molar-refractivity contribution in [3.63, 3.8) is 0 Å². The maximum atomic E-state index is 11.8. The minimum absolute atomic E-state index is 0.0707. The van der Waals surface area contributed by atoms with Gasteiger partial charge in [-0.05, 0) is 31.0 Å². The van der Waals surface area contributed by atoms with Crippen LogP contribution in [0.25, 0.3) is 0 Å². The van der Waals surface area contributed by atoms with E-state index in [1.165, 1.54) is 18.2 Å². The van der Waals surface area contributed by atoms with Crippen LogP contribution in [0.1, 0.15) is 36.0 Å². The number of phenols is 1. The second kappa shape index (κ2) is 6.61. The Morgan fingerprint density at radius 2 is 2.00 bits per heavy atom. The van der Waals surface area contributed by atoms with Gasteiger partial charge in [0.1, 0.15) is 5.75 Å². The Kier molecular flexibility index (Phi) is 4.84. The highest BCUT2D eigenvalue weighted by Crippen LogP contribution is 2.23. The Morgan fingerprint density at radius 1 is 1.30 bits per heavy atom. The largest absolute Gasteiger partial charge is 0.506 e. The standard InChI is InChI=1S/C14H17ClN2O3/c15-11-6-5-9(7-12(11)18)14(20)16-8-13(19)17-10-3-1-2-4-10/h5-7,10,18H,1-4,8H2,(H,16,20)(H,17,19). The number of carbonyl (C=O) groups excluding carboxylic acids is 2. The summed E-state index contributed by atoms with van der Waals surface area (Å²) in [7, 11) is 0. The molecule has 0 aliphatic heterocycles. The van der Waals surface area contributed by atoms with Crippen molar-refractivity contribution in [3.05, 3.63) is 28.8 Å². The van der Waals surface area contributed by atoms with Gasteiger partial charge in [-0.15, -0.1) is 0 Å².